The third kappa shape index (κ3) is 5.88. The van der Waals surface area contributed by atoms with E-state index in [1.807, 2.05) is 0 Å². The van der Waals surface area contributed by atoms with Gasteiger partial charge in [0.15, 0.2) is 5.78 Å². The van der Waals surface area contributed by atoms with Gasteiger partial charge in [-0.05, 0) is 43.7 Å². The average molecular weight is 433 g/mol. The van der Waals surface area contributed by atoms with Gasteiger partial charge >= 0.3 is 5.97 Å². The summed E-state index contributed by atoms with van der Waals surface area (Å²) >= 11 is 0.913. The molecule has 0 spiro atoms. The van der Waals surface area contributed by atoms with Gasteiger partial charge in [0.1, 0.15) is 11.6 Å². The number of ketones is 1. The monoisotopic (exact) mass is 433 g/mol. The Morgan fingerprint density at radius 3 is 2.33 bits per heavy atom. The number of nitrogens with two attached hydrogens (primary N) is 1. The Bertz CT molecular complexity index is 952. The van der Waals surface area contributed by atoms with Crippen LogP contribution in [0.4, 0.5) is 10.7 Å². The van der Waals surface area contributed by atoms with Crippen molar-refractivity contribution in [3.63, 3.8) is 0 Å². The van der Waals surface area contributed by atoms with E-state index >= 15 is 0 Å². The lowest BCUT2D eigenvalue weighted by Crippen LogP contribution is -2.22. The number of carbonyl (C=O) groups is 4. The highest BCUT2D eigenvalue weighted by molar-refractivity contribution is 7.18. The Hall–Kier alpha value is -3.24. The lowest BCUT2D eigenvalue weighted by atomic mass is 10.1. The summed E-state index contributed by atoms with van der Waals surface area (Å²) in [5, 5.41) is 5.73. The van der Waals surface area contributed by atoms with Gasteiger partial charge in [-0.1, -0.05) is 0 Å². The number of primary amides is 1. The first-order valence-corrected chi connectivity index (χ1v) is 9.80. The highest BCUT2D eigenvalue weighted by Crippen LogP contribution is 2.33. The molecule has 0 bridgehead atoms. The van der Waals surface area contributed by atoms with E-state index < -0.39 is 17.8 Å². The number of anilines is 2. The van der Waals surface area contributed by atoms with Crippen molar-refractivity contribution in [2.45, 2.75) is 13.8 Å². The van der Waals surface area contributed by atoms with Gasteiger partial charge in [0.25, 0.3) is 5.91 Å². The van der Waals surface area contributed by atoms with Gasteiger partial charge in [0, 0.05) is 18.4 Å². The molecule has 30 heavy (non-hydrogen) atoms. The fraction of sp³-hybridized carbons (Fsp3) is 0.300. The largest absolute Gasteiger partial charge is 0.460 e. The molecule has 1 heterocycles. The second kappa shape index (κ2) is 10.5. The molecule has 0 aliphatic heterocycles. The molecule has 0 atom stereocenters. The van der Waals surface area contributed by atoms with E-state index in [2.05, 4.69) is 10.6 Å². The summed E-state index contributed by atoms with van der Waals surface area (Å²) in [5.74, 6) is -1.87. The second-order valence-electron chi connectivity index (χ2n) is 6.29. The van der Waals surface area contributed by atoms with Gasteiger partial charge in [-0.2, -0.15) is 0 Å². The number of benzene rings is 1. The molecule has 1 aromatic heterocycles. The van der Waals surface area contributed by atoms with Crippen LogP contribution in [0.3, 0.4) is 0 Å². The van der Waals surface area contributed by atoms with Gasteiger partial charge in [-0.3, -0.25) is 14.4 Å². The fourth-order valence-electron chi connectivity index (χ4n) is 2.55. The molecule has 2 rings (SSSR count). The van der Waals surface area contributed by atoms with Crippen molar-refractivity contribution in [2.75, 3.05) is 37.5 Å². The van der Waals surface area contributed by atoms with Crippen molar-refractivity contribution >= 4 is 45.6 Å². The molecule has 0 saturated heterocycles. The molecule has 0 saturated carbocycles. The number of rotatable bonds is 10. The van der Waals surface area contributed by atoms with Crippen molar-refractivity contribution in [2.24, 2.45) is 5.73 Å². The number of hydrogen-bond acceptors (Lipinski definition) is 8. The number of nitrogens with one attached hydrogen (secondary N) is 2. The number of methoxy groups -OCH3 is 1. The number of hydrogen-bond donors (Lipinski definition) is 3. The van der Waals surface area contributed by atoms with E-state index in [9.17, 15) is 19.2 Å². The zero-order chi connectivity index (χ0) is 22.3. The van der Waals surface area contributed by atoms with Crippen molar-refractivity contribution in [3.8, 4) is 0 Å². The minimum Gasteiger partial charge on any atom is -0.460 e. The summed E-state index contributed by atoms with van der Waals surface area (Å²) in [6.07, 6.45) is 0. The third-order valence-electron chi connectivity index (χ3n) is 4.09. The number of ether oxygens (including phenoxy) is 2. The predicted molar refractivity (Wildman–Crippen MR) is 113 cm³/mol. The van der Waals surface area contributed by atoms with Crippen LogP contribution in [0, 0.1) is 6.92 Å². The van der Waals surface area contributed by atoms with Crippen LogP contribution in [0.5, 0.6) is 0 Å². The molecule has 10 heteroatoms. The van der Waals surface area contributed by atoms with Crippen LogP contribution in [-0.2, 0) is 14.3 Å². The number of amides is 2. The summed E-state index contributed by atoms with van der Waals surface area (Å²) in [6, 6.07) is 6.67. The Labute approximate surface area is 177 Å². The zero-order valence-electron chi connectivity index (χ0n) is 16.9. The number of Topliss-reactive ketones (excluding diaryl/α,β-unsaturated/α-hetero) is 1. The lowest BCUT2D eigenvalue weighted by molar-refractivity contribution is -0.114. The Morgan fingerprint density at radius 2 is 1.77 bits per heavy atom. The first kappa shape index (κ1) is 23.0. The Balaban J connectivity index is 2.10. The van der Waals surface area contributed by atoms with Crippen molar-refractivity contribution in [1.29, 1.82) is 0 Å². The van der Waals surface area contributed by atoms with E-state index in [-0.39, 0.29) is 41.0 Å². The molecule has 0 aliphatic carbocycles. The molecule has 2 aromatic rings. The Morgan fingerprint density at radius 1 is 1.10 bits per heavy atom. The van der Waals surface area contributed by atoms with Crippen LogP contribution in [0.1, 0.15) is 42.9 Å². The smallest absolute Gasteiger partial charge is 0.341 e. The molecule has 0 unspecified atom stereocenters. The molecule has 2 amide bonds. The minimum absolute atomic E-state index is 0.0295. The SMILES string of the molecule is COCCOC(=O)c1c(NC(=O)CNc2ccc(C(C)=O)cc2)sc(C(N)=O)c1C. The molecule has 0 radical (unpaired) electrons. The maximum absolute atomic E-state index is 12.4. The van der Waals surface area contributed by atoms with Gasteiger partial charge < -0.3 is 25.8 Å². The second-order valence-corrected chi connectivity index (χ2v) is 7.31. The van der Waals surface area contributed by atoms with Gasteiger partial charge in [-0.25, -0.2) is 4.79 Å². The Kier molecular flexibility index (Phi) is 8.07. The van der Waals surface area contributed by atoms with Crippen LogP contribution < -0.4 is 16.4 Å². The third-order valence-corrected chi connectivity index (χ3v) is 5.31. The number of carbonyl (C=O) groups excluding carboxylic acids is 4. The number of thiophene rings is 1. The van der Waals surface area contributed by atoms with Crippen LogP contribution in [0.2, 0.25) is 0 Å². The van der Waals surface area contributed by atoms with Crippen LogP contribution in [-0.4, -0.2) is 50.4 Å². The summed E-state index contributed by atoms with van der Waals surface area (Å²) in [4.78, 5) is 47.9. The van der Waals surface area contributed by atoms with Crippen LogP contribution in [0.15, 0.2) is 24.3 Å². The molecule has 9 nitrogen and oxygen atoms in total. The quantitative estimate of drug-likeness (QED) is 0.297. The molecular weight excluding hydrogens is 410 g/mol. The maximum atomic E-state index is 12.4. The van der Waals surface area contributed by atoms with Gasteiger partial charge in [0.2, 0.25) is 5.91 Å². The first-order valence-electron chi connectivity index (χ1n) is 8.98. The van der Waals surface area contributed by atoms with E-state index in [1.165, 1.54) is 14.0 Å². The van der Waals surface area contributed by atoms with Crippen molar-refractivity contribution < 1.29 is 28.7 Å². The maximum Gasteiger partial charge on any atom is 0.341 e. The van der Waals surface area contributed by atoms with E-state index in [4.69, 9.17) is 15.2 Å². The molecule has 160 valence electrons. The normalized spacial score (nSPS) is 10.4. The van der Waals surface area contributed by atoms with Crippen LogP contribution >= 0.6 is 11.3 Å². The summed E-state index contributed by atoms with van der Waals surface area (Å²) in [6.45, 7) is 3.18. The first-order chi connectivity index (χ1) is 14.2. The van der Waals surface area contributed by atoms with E-state index in [0.29, 0.717) is 16.8 Å². The summed E-state index contributed by atoms with van der Waals surface area (Å²) < 4.78 is 9.97. The van der Waals surface area contributed by atoms with Gasteiger partial charge in [-0.15, -0.1) is 11.3 Å². The van der Waals surface area contributed by atoms with Crippen LogP contribution in [0.25, 0.3) is 0 Å². The highest BCUT2D eigenvalue weighted by atomic mass is 32.1. The van der Waals surface area contributed by atoms with E-state index in [1.54, 1.807) is 31.2 Å². The molecule has 0 aliphatic rings. The summed E-state index contributed by atoms with van der Waals surface area (Å²) in [5.41, 5.74) is 7.01. The predicted octanol–water partition coefficient (Wildman–Crippen LogP) is 2.21. The topological polar surface area (TPSA) is 137 Å². The van der Waals surface area contributed by atoms with Crippen molar-refractivity contribution in [3.05, 3.63) is 45.8 Å². The fourth-order valence-corrected chi connectivity index (χ4v) is 3.61. The van der Waals surface area contributed by atoms with Crippen molar-refractivity contribution in [1.82, 2.24) is 0 Å². The zero-order valence-corrected chi connectivity index (χ0v) is 17.7. The number of esters is 1. The van der Waals surface area contributed by atoms with Gasteiger partial charge in [0.05, 0.1) is 23.6 Å². The molecule has 0 fully saturated rings. The summed E-state index contributed by atoms with van der Waals surface area (Å²) in [7, 11) is 1.47. The average Bonchev–Trinajstić information content (AvgIpc) is 3.03. The standard InChI is InChI=1S/C20H23N3O6S/c1-11-16(20(27)29-9-8-28-3)19(30-17(11)18(21)26)23-15(25)10-22-14-6-4-13(5-7-14)12(2)24/h4-7,22H,8-10H2,1-3H3,(H2,21,26)(H,23,25). The van der Waals surface area contributed by atoms with E-state index in [0.717, 1.165) is 11.3 Å². The molecular formula is C20H23N3O6S. The minimum atomic E-state index is -0.701. The molecule has 1 aromatic carbocycles. The highest BCUT2D eigenvalue weighted by Gasteiger charge is 2.25. The molecule has 4 N–H and O–H groups in total. The lowest BCUT2D eigenvalue weighted by Gasteiger charge is -2.09.